The van der Waals surface area contributed by atoms with Gasteiger partial charge in [0.15, 0.2) is 0 Å². The van der Waals surface area contributed by atoms with Gasteiger partial charge in [0.2, 0.25) is 0 Å². The summed E-state index contributed by atoms with van der Waals surface area (Å²) < 4.78 is 0. The maximum absolute atomic E-state index is 11.2. The first kappa shape index (κ1) is 11.5. The van der Waals surface area contributed by atoms with E-state index in [2.05, 4.69) is 13.8 Å². The van der Waals surface area contributed by atoms with Gasteiger partial charge in [-0.2, -0.15) is 0 Å². The van der Waals surface area contributed by atoms with Crippen molar-refractivity contribution in [2.24, 2.45) is 34.3 Å². The second-order valence-corrected chi connectivity index (χ2v) is 7.09. The van der Waals surface area contributed by atoms with Gasteiger partial charge in [-0.05, 0) is 60.7 Å². The van der Waals surface area contributed by atoms with Crippen LogP contribution >= 0.6 is 0 Å². The van der Waals surface area contributed by atoms with Gasteiger partial charge in [-0.15, -0.1) is 0 Å². The lowest BCUT2D eigenvalue weighted by Gasteiger charge is -2.62. The fourth-order valence-corrected chi connectivity index (χ4v) is 4.80. The van der Waals surface area contributed by atoms with Crippen molar-refractivity contribution in [1.29, 1.82) is 0 Å². The maximum atomic E-state index is 11.2. The second kappa shape index (κ2) is 3.25. The van der Waals surface area contributed by atoms with E-state index in [0.717, 1.165) is 18.8 Å². The minimum Gasteiger partial charge on any atom is -0.480 e. The molecule has 4 aliphatic rings. The number of aliphatic carboxylic acids is 1. The van der Waals surface area contributed by atoms with Crippen molar-refractivity contribution in [1.82, 2.24) is 0 Å². The summed E-state index contributed by atoms with van der Waals surface area (Å²) in [6.07, 6.45) is 5.86. The minimum absolute atomic E-state index is 0.0564. The average molecular weight is 237 g/mol. The lowest BCUT2D eigenvalue weighted by atomic mass is 9.43. The molecule has 4 fully saturated rings. The number of nitrogens with two attached hydrogens (primary N) is 1. The molecule has 4 rings (SSSR count). The van der Waals surface area contributed by atoms with Crippen molar-refractivity contribution in [3.05, 3.63) is 0 Å². The molecule has 0 aromatic rings. The third kappa shape index (κ3) is 1.35. The van der Waals surface area contributed by atoms with Gasteiger partial charge in [-0.1, -0.05) is 13.8 Å². The highest BCUT2D eigenvalue weighted by Crippen LogP contribution is 2.70. The summed E-state index contributed by atoms with van der Waals surface area (Å²) in [5, 5.41) is 9.19. The molecular weight excluding hydrogens is 214 g/mol. The van der Waals surface area contributed by atoms with Crippen LogP contribution in [0.5, 0.6) is 0 Å². The van der Waals surface area contributed by atoms with E-state index in [4.69, 9.17) is 5.73 Å². The Labute approximate surface area is 103 Å². The zero-order valence-electron chi connectivity index (χ0n) is 10.8. The molecule has 0 aliphatic heterocycles. The van der Waals surface area contributed by atoms with E-state index in [-0.39, 0.29) is 5.41 Å². The van der Waals surface area contributed by atoms with Crippen LogP contribution in [0, 0.1) is 28.6 Å². The summed E-state index contributed by atoms with van der Waals surface area (Å²) in [6.45, 7) is 4.72. The number of rotatable bonds is 3. The van der Waals surface area contributed by atoms with Crippen LogP contribution in [0.25, 0.3) is 0 Å². The Kier molecular flexibility index (Phi) is 2.20. The lowest BCUT2D eigenvalue weighted by molar-refractivity contribution is -0.150. The normalized spacial score (nSPS) is 42.4. The van der Waals surface area contributed by atoms with Gasteiger partial charge in [0.25, 0.3) is 0 Å². The number of hydrogen-bond acceptors (Lipinski definition) is 2. The highest BCUT2D eigenvalue weighted by atomic mass is 16.4. The largest absolute Gasteiger partial charge is 0.480 e. The monoisotopic (exact) mass is 237 g/mol. The van der Waals surface area contributed by atoms with Gasteiger partial charge in [0, 0.05) is 0 Å². The molecule has 0 aromatic heterocycles. The fraction of sp³-hybridized carbons (Fsp3) is 0.929. The number of carboxylic acid groups (broad SMARTS) is 1. The number of hydrogen-bond donors (Lipinski definition) is 2. The topological polar surface area (TPSA) is 63.3 Å². The molecule has 4 atom stereocenters. The molecule has 0 radical (unpaired) electrons. The molecule has 96 valence electrons. The Bertz CT molecular complexity index is 357. The molecule has 4 saturated carbocycles. The Balaban J connectivity index is 1.83. The van der Waals surface area contributed by atoms with E-state index in [1.165, 1.54) is 19.3 Å². The third-order valence-electron chi connectivity index (χ3n) is 6.31. The molecule has 0 saturated heterocycles. The molecule has 3 nitrogen and oxygen atoms in total. The average Bonchev–Trinajstić information content (AvgIpc) is 3.09. The van der Waals surface area contributed by atoms with Gasteiger partial charge in [0.05, 0.1) is 0 Å². The van der Waals surface area contributed by atoms with Crippen molar-refractivity contribution >= 4 is 5.97 Å². The van der Waals surface area contributed by atoms with Crippen LogP contribution in [0.2, 0.25) is 0 Å². The highest BCUT2D eigenvalue weighted by molar-refractivity contribution is 5.75. The molecule has 4 aliphatic carbocycles. The van der Waals surface area contributed by atoms with E-state index < -0.39 is 12.0 Å². The molecule has 4 unspecified atom stereocenters. The highest BCUT2D eigenvalue weighted by Gasteiger charge is 2.65. The lowest BCUT2D eigenvalue weighted by Crippen LogP contribution is -2.57. The van der Waals surface area contributed by atoms with Crippen LogP contribution in [-0.4, -0.2) is 17.1 Å². The summed E-state index contributed by atoms with van der Waals surface area (Å²) in [5.74, 6) is 1.35. The maximum Gasteiger partial charge on any atom is 0.321 e. The molecule has 0 amide bonds. The zero-order valence-corrected chi connectivity index (χ0v) is 10.8. The summed E-state index contributed by atoms with van der Waals surface area (Å²) >= 11 is 0. The van der Waals surface area contributed by atoms with E-state index in [9.17, 15) is 9.90 Å². The predicted molar refractivity (Wildman–Crippen MR) is 65.4 cm³/mol. The van der Waals surface area contributed by atoms with E-state index in [0.29, 0.717) is 17.3 Å². The quantitative estimate of drug-likeness (QED) is 0.791. The first-order valence-electron chi connectivity index (χ1n) is 6.88. The van der Waals surface area contributed by atoms with Gasteiger partial charge in [-0.3, -0.25) is 4.79 Å². The number of fused-ring (bicyclic) bond motifs is 2. The van der Waals surface area contributed by atoms with E-state index in [1.807, 2.05) is 0 Å². The molecule has 0 spiro atoms. The van der Waals surface area contributed by atoms with Crippen molar-refractivity contribution in [2.45, 2.75) is 52.0 Å². The van der Waals surface area contributed by atoms with Gasteiger partial charge >= 0.3 is 5.97 Å². The Morgan fingerprint density at radius 1 is 1.29 bits per heavy atom. The SMILES string of the molecule is CC1(C)C2CCC(C3(C(N)C(=O)O)CC3)C1C2. The summed E-state index contributed by atoms with van der Waals surface area (Å²) in [5.41, 5.74) is 6.33. The number of carbonyl (C=O) groups is 1. The van der Waals surface area contributed by atoms with Crippen LogP contribution in [-0.2, 0) is 4.79 Å². The van der Waals surface area contributed by atoms with Gasteiger partial charge < -0.3 is 10.8 Å². The first-order chi connectivity index (χ1) is 7.89. The Morgan fingerprint density at radius 2 is 1.94 bits per heavy atom. The van der Waals surface area contributed by atoms with Crippen LogP contribution in [0.15, 0.2) is 0 Å². The minimum atomic E-state index is -0.804. The first-order valence-corrected chi connectivity index (χ1v) is 6.88. The zero-order chi connectivity index (χ0) is 12.4. The van der Waals surface area contributed by atoms with Crippen molar-refractivity contribution in [3.8, 4) is 0 Å². The van der Waals surface area contributed by atoms with Crippen LogP contribution < -0.4 is 5.73 Å². The van der Waals surface area contributed by atoms with Gasteiger partial charge in [0.1, 0.15) is 6.04 Å². The van der Waals surface area contributed by atoms with Crippen molar-refractivity contribution in [3.63, 3.8) is 0 Å². The third-order valence-corrected chi connectivity index (χ3v) is 6.31. The second-order valence-electron chi connectivity index (χ2n) is 7.09. The van der Waals surface area contributed by atoms with Crippen molar-refractivity contribution < 1.29 is 9.90 Å². The smallest absolute Gasteiger partial charge is 0.321 e. The molecule has 0 heterocycles. The van der Waals surface area contributed by atoms with Crippen LogP contribution in [0.4, 0.5) is 0 Å². The van der Waals surface area contributed by atoms with Crippen LogP contribution in [0.3, 0.4) is 0 Å². The van der Waals surface area contributed by atoms with Crippen LogP contribution in [0.1, 0.15) is 46.0 Å². The summed E-state index contributed by atoms with van der Waals surface area (Å²) in [7, 11) is 0. The number of carboxylic acids is 1. The fourth-order valence-electron chi connectivity index (χ4n) is 4.80. The molecule has 3 N–H and O–H groups in total. The standard InChI is InChI=1S/C14H23NO2/c1-13(2)8-3-4-9(10(13)7-8)14(5-6-14)11(15)12(16)17/h8-11H,3-7,15H2,1-2H3,(H,16,17). The molecule has 0 aromatic carbocycles. The molecule has 3 heteroatoms. The molecular formula is C14H23NO2. The summed E-state index contributed by atoms with van der Waals surface area (Å²) in [4.78, 5) is 11.2. The summed E-state index contributed by atoms with van der Waals surface area (Å²) in [6, 6.07) is -0.638. The Hall–Kier alpha value is -0.570. The van der Waals surface area contributed by atoms with E-state index in [1.54, 1.807) is 0 Å². The molecule has 2 bridgehead atoms. The van der Waals surface area contributed by atoms with Gasteiger partial charge in [-0.25, -0.2) is 0 Å². The Morgan fingerprint density at radius 3 is 2.35 bits per heavy atom. The predicted octanol–water partition coefficient (Wildman–Crippen LogP) is 2.25. The van der Waals surface area contributed by atoms with Crippen molar-refractivity contribution in [2.75, 3.05) is 0 Å². The molecule has 17 heavy (non-hydrogen) atoms. The van der Waals surface area contributed by atoms with E-state index >= 15 is 0 Å².